The molecule has 0 radical (unpaired) electrons. The van der Waals surface area contributed by atoms with E-state index in [2.05, 4.69) is 9.98 Å². The van der Waals surface area contributed by atoms with E-state index in [1.165, 1.54) is 12.1 Å². The average Bonchev–Trinajstić information content (AvgIpc) is 2.42. The van der Waals surface area contributed by atoms with E-state index in [0.717, 1.165) is 16.8 Å². The highest BCUT2D eigenvalue weighted by Gasteiger charge is 2.08. The van der Waals surface area contributed by atoms with Crippen molar-refractivity contribution >= 4 is 17.1 Å². The van der Waals surface area contributed by atoms with Crippen molar-refractivity contribution in [1.82, 2.24) is 4.98 Å². The highest BCUT2D eigenvalue weighted by Crippen LogP contribution is 2.25. The number of pyridine rings is 1. The van der Waals surface area contributed by atoms with Crippen LogP contribution in [-0.2, 0) is 0 Å². The van der Waals surface area contributed by atoms with Crippen LogP contribution in [0.25, 0.3) is 0 Å². The summed E-state index contributed by atoms with van der Waals surface area (Å²) in [7, 11) is 0. The van der Waals surface area contributed by atoms with Crippen LogP contribution in [0.2, 0.25) is 0 Å². The first-order chi connectivity index (χ1) is 9.08. The molecule has 2 aromatic rings. The Hall–Kier alpha value is -2.56. The smallest absolute Gasteiger partial charge is 0.265 e. The monoisotopic (exact) mass is 255 g/mol. The third kappa shape index (κ3) is 3.01. The highest BCUT2D eigenvalue weighted by atomic mass is 16.6. The standard InChI is InChI=1S/C14H13N3O2/c1-10-3-4-13(17(18)19)9-14(10)16-11(2)12-5-7-15-8-6-12/h3-9H,1-2H3. The van der Waals surface area contributed by atoms with E-state index in [9.17, 15) is 10.1 Å². The SMILES string of the molecule is CC(=Nc1cc([N+](=O)[O-])ccc1C)c1ccncc1. The van der Waals surface area contributed by atoms with Crippen LogP contribution in [0.1, 0.15) is 18.1 Å². The molecule has 5 nitrogen and oxygen atoms in total. The Morgan fingerprint density at radius 2 is 1.95 bits per heavy atom. The van der Waals surface area contributed by atoms with Crippen molar-refractivity contribution < 1.29 is 4.92 Å². The molecule has 2 rings (SSSR count). The Morgan fingerprint density at radius 1 is 1.26 bits per heavy atom. The number of nitro groups is 1. The lowest BCUT2D eigenvalue weighted by Crippen LogP contribution is -1.94. The first kappa shape index (κ1) is 12.9. The normalized spacial score (nSPS) is 11.4. The molecular weight excluding hydrogens is 242 g/mol. The van der Waals surface area contributed by atoms with Gasteiger partial charge in [0.25, 0.3) is 5.69 Å². The molecule has 0 saturated carbocycles. The lowest BCUT2D eigenvalue weighted by atomic mass is 10.1. The number of hydrogen-bond acceptors (Lipinski definition) is 4. The minimum absolute atomic E-state index is 0.0480. The summed E-state index contributed by atoms with van der Waals surface area (Å²) in [4.78, 5) is 18.8. The lowest BCUT2D eigenvalue weighted by molar-refractivity contribution is -0.384. The molecule has 0 saturated heterocycles. The van der Waals surface area contributed by atoms with Crippen LogP contribution in [0.15, 0.2) is 47.7 Å². The predicted molar refractivity (Wildman–Crippen MR) is 73.9 cm³/mol. The molecule has 0 spiro atoms. The number of aromatic nitrogens is 1. The van der Waals surface area contributed by atoms with E-state index in [-0.39, 0.29) is 5.69 Å². The van der Waals surface area contributed by atoms with Gasteiger partial charge in [-0.3, -0.25) is 20.1 Å². The summed E-state index contributed by atoms with van der Waals surface area (Å²) in [6.45, 7) is 3.75. The number of rotatable bonds is 3. The van der Waals surface area contributed by atoms with Gasteiger partial charge in [0, 0.05) is 30.2 Å². The van der Waals surface area contributed by atoms with Crippen LogP contribution in [0, 0.1) is 17.0 Å². The number of nitrogens with zero attached hydrogens (tertiary/aromatic N) is 3. The quantitative estimate of drug-likeness (QED) is 0.479. The number of nitro benzene ring substituents is 1. The first-order valence-electron chi connectivity index (χ1n) is 5.78. The van der Waals surface area contributed by atoms with E-state index in [4.69, 9.17) is 0 Å². The molecule has 96 valence electrons. The Balaban J connectivity index is 2.42. The van der Waals surface area contributed by atoms with E-state index >= 15 is 0 Å². The fourth-order valence-electron chi connectivity index (χ4n) is 1.67. The van der Waals surface area contributed by atoms with Crippen LogP contribution in [0.3, 0.4) is 0 Å². The molecule has 19 heavy (non-hydrogen) atoms. The van der Waals surface area contributed by atoms with Gasteiger partial charge in [-0.2, -0.15) is 0 Å². The fourth-order valence-corrected chi connectivity index (χ4v) is 1.67. The van der Waals surface area contributed by atoms with Gasteiger partial charge in [-0.15, -0.1) is 0 Å². The van der Waals surface area contributed by atoms with Crippen molar-refractivity contribution in [2.24, 2.45) is 4.99 Å². The third-order valence-corrected chi connectivity index (χ3v) is 2.79. The van der Waals surface area contributed by atoms with Gasteiger partial charge >= 0.3 is 0 Å². The van der Waals surface area contributed by atoms with Crippen molar-refractivity contribution in [1.29, 1.82) is 0 Å². The van der Waals surface area contributed by atoms with Crippen molar-refractivity contribution in [3.63, 3.8) is 0 Å². The molecule has 0 aliphatic rings. The van der Waals surface area contributed by atoms with Gasteiger partial charge in [0.05, 0.1) is 10.6 Å². The van der Waals surface area contributed by atoms with Crippen molar-refractivity contribution in [2.45, 2.75) is 13.8 Å². The molecule has 5 heteroatoms. The molecule has 1 heterocycles. The van der Waals surface area contributed by atoms with Gasteiger partial charge in [0.1, 0.15) is 0 Å². The van der Waals surface area contributed by atoms with Crippen LogP contribution in [0.5, 0.6) is 0 Å². The van der Waals surface area contributed by atoms with Gasteiger partial charge in [-0.25, -0.2) is 0 Å². The van der Waals surface area contributed by atoms with Gasteiger partial charge in [0.15, 0.2) is 0 Å². The Bertz CT molecular complexity index is 636. The number of aryl methyl sites for hydroxylation is 1. The van der Waals surface area contributed by atoms with E-state index < -0.39 is 4.92 Å². The molecular formula is C14H13N3O2. The summed E-state index contributed by atoms with van der Waals surface area (Å²) < 4.78 is 0. The largest absolute Gasteiger partial charge is 0.271 e. The second kappa shape index (κ2) is 5.39. The Kier molecular flexibility index (Phi) is 3.66. The van der Waals surface area contributed by atoms with Gasteiger partial charge < -0.3 is 0 Å². The number of hydrogen-bond donors (Lipinski definition) is 0. The summed E-state index contributed by atoms with van der Waals surface area (Å²) in [5.74, 6) is 0. The lowest BCUT2D eigenvalue weighted by Gasteiger charge is -2.03. The van der Waals surface area contributed by atoms with Gasteiger partial charge in [-0.1, -0.05) is 6.07 Å². The number of non-ortho nitro benzene ring substituents is 1. The maximum atomic E-state index is 10.8. The summed E-state index contributed by atoms with van der Waals surface area (Å²) in [5.41, 5.74) is 3.31. The van der Waals surface area contributed by atoms with Crippen molar-refractivity contribution in [3.05, 3.63) is 64.0 Å². The Morgan fingerprint density at radius 3 is 2.58 bits per heavy atom. The minimum atomic E-state index is -0.416. The Labute approximate surface area is 110 Å². The second-order valence-corrected chi connectivity index (χ2v) is 4.16. The molecule has 0 aliphatic carbocycles. The first-order valence-corrected chi connectivity index (χ1v) is 5.78. The predicted octanol–water partition coefficient (Wildman–Crippen LogP) is 3.44. The molecule has 1 aromatic heterocycles. The average molecular weight is 255 g/mol. The van der Waals surface area contributed by atoms with Gasteiger partial charge in [0.2, 0.25) is 0 Å². The fraction of sp³-hybridized carbons (Fsp3) is 0.143. The molecule has 0 N–H and O–H groups in total. The van der Waals surface area contributed by atoms with E-state index in [1.807, 2.05) is 26.0 Å². The highest BCUT2D eigenvalue weighted by molar-refractivity contribution is 6.00. The van der Waals surface area contributed by atoms with E-state index in [1.54, 1.807) is 18.5 Å². The number of aliphatic imine (C=N–C) groups is 1. The van der Waals surface area contributed by atoms with Crippen LogP contribution >= 0.6 is 0 Å². The molecule has 0 fully saturated rings. The summed E-state index contributed by atoms with van der Waals surface area (Å²) in [6.07, 6.45) is 3.38. The molecule has 1 aromatic carbocycles. The van der Waals surface area contributed by atoms with E-state index in [0.29, 0.717) is 5.69 Å². The summed E-state index contributed by atoms with van der Waals surface area (Å²) >= 11 is 0. The second-order valence-electron chi connectivity index (χ2n) is 4.16. The van der Waals surface area contributed by atoms with Crippen LogP contribution in [0.4, 0.5) is 11.4 Å². The maximum Gasteiger partial charge on any atom is 0.271 e. The summed E-state index contributed by atoms with van der Waals surface area (Å²) in [6, 6.07) is 8.38. The van der Waals surface area contributed by atoms with Crippen LogP contribution in [-0.4, -0.2) is 15.6 Å². The third-order valence-electron chi connectivity index (χ3n) is 2.79. The molecule has 0 aliphatic heterocycles. The summed E-state index contributed by atoms with van der Waals surface area (Å²) in [5, 5.41) is 10.8. The zero-order valence-corrected chi connectivity index (χ0v) is 10.7. The maximum absolute atomic E-state index is 10.8. The van der Waals surface area contributed by atoms with Crippen molar-refractivity contribution in [2.75, 3.05) is 0 Å². The van der Waals surface area contributed by atoms with Gasteiger partial charge in [-0.05, 0) is 37.1 Å². The van der Waals surface area contributed by atoms with Crippen molar-refractivity contribution in [3.8, 4) is 0 Å². The minimum Gasteiger partial charge on any atom is -0.265 e. The zero-order valence-electron chi connectivity index (χ0n) is 10.7. The molecule has 0 atom stereocenters. The zero-order chi connectivity index (χ0) is 13.8. The van der Waals surface area contributed by atoms with Crippen LogP contribution < -0.4 is 0 Å². The topological polar surface area (TPSA) is 68.4 Å². The molecule has 0 amide bonds. The molecule has 0 unspecified atom stereocenters. The number of benzene rings is 1. The molecule has 0 bridgehead atoms.